The molecule has 7 heteroatoms. The largest absolute Gasteiger partial charge is 0.345 e. The molecule has 0 radical (unpaired) electrons. The van der Waals surface area contributed by atoms with Crippen LogP contribution in [-0.4, -0.2) is 28.0 Å². The van der Waals surface area contributed by atoms with Crippen molar-refractivity contribution in [3.8, 4) is 0 Å². The van der Waals surface area contributed by atoms with Crippen molar-refractivity contribution in [3.63, 3.8) is 0 Å². The molecular formula is C21H24N6S. The number of anilines is 4. The normalized spacial score (nSPS) is 16.8. The summed E-state index contributed by atoms with van der Waals surface area (Å²) in [6.07, 6.45) is 11.2. The van der Waals surface area contributed by atoms with Gasteiger partial charge in [0.15, 0.2) is 5.82 Å². The summed E-state index contributed by atoms with van der Waals surface area (Å²) in [5.74, 6) is 1.62. The second-order valence-corrected chi connectivity index (χ2v) is 8.88. The molecule has 28 heavy (non-hydrogen) atoms. The van der Waals surface area contributed by atoms with Crippen molar-refractivity contribution >= 4 is 44.7 Å². The van der Waals surface area contributed by atoms with Crippen molar-refractivity contribution in [2.24, 2.45) is 0 Å². The van der Waals surface area contributed by atoms with Gasteiger partial charge in [-0.1, -0.05) is 12.8 Å². The predicted octanol–water partition coefficient (Wildman–Crippen LogP) is 5.12. The molecule has 5 rings (SSSR count). The van der Waals surface area contributed by atoms with Crippen molar-refractivity contribution in [2.45, 2.75) is 45.6 Å². The van der Waals surface area contributed by atoms with E-state index in [0.29, 0.717) is 12.0 Å². The fourth-order valence-electron chi connectivity index (χ4n) is 4.11. The summed E-state index contributed by atoms with van der Waals surface area (Å²) in [5, 5.41) is 4.52. The topological polar surface area (TPSA) is 57.2 Å². The number of nitrogens with zero attached hydrogens (tertiary/aromatic N) is 5. The van der Waals surface area contributed by atoms with Crippen molar-refractivity contribution in [3.05, 3.63) is 41.3 Å². The lowest BCUT2D eigenvalue weighted by Gasteiger charge is -2.34. The van der Waals surface area contributed by atoms with Gasteiger partial charge in [-0.15, -0.1) is 11.3 Å². The average Bonchev–Trinajstić information content (AvgIpc) is 3.31. The van der Waals surface area contributed by atoms with Crippen molar-refractivity contribution in [1.82, 2.24) is 15.0 Å². The van der Waals surface area contributed by atoms with Crippen LogP contribution in [-0.2, 0) is 0 Å². The molecule has 2 aromatic heterocycles. The van der Waals surface area contributed by atoms with Crippen molar-refractivity contribution in [2.75, 3.05) is 22.2 Å². The molecule has 0 saturated heterocycles. The van der Waals surface area contributed by atoms with Gasteiger partial charge in [0, 0.05) is 31.2 Å². The maximum atomic E-state index is 4.91. The maximum absolute atomic E-state index is 4.91. The van der Waals surface area contributed by atoms with E-state index in [0.717, 1.165) is 33.3 Å². The number of hydrogen-bond donors (Lipinski definition) is 1. The van der Waals surface area contributed by atoms with E-state index < -0.39 is 0 Å². The Bertz CT molecular complexity index is 1070. The van der Waals surface area contributed by atoms with Gasteiger partial charge in [0.1, 0.15) is 5.69 Å². The van der Waals surface area contributed by atoms with Crippen LogP contribution >= 0.6 is 11.3 Å². The summed E-state index contributed by atoms with van der Waals surface area (Å²) >= 11 is 1.71. The van der Waals surface area contributed by atoms with E-state index in [-0.39, 0.29) is 0 Å². The van der Waals surface area contributed by atoms with Gasteiger partial charge < -0.3 is 15.1 Å². The van der Waals surface area contributed by atoms with Gasteiger partial charge in [-0.25, -0.2) is 9.97 Å². The van der Waals surface area contributed by atoms with Crippen LogP contribution in [0.3, 0.4) is 0 Å². The van der Waals surface area contributed by atoms with Crippen LogP contribution in [0.1, 0.15) is 36.3 Å². The monoisotopic (exact) mass is 392 g/mol. The Morgan fingerprint density at radius 3 is 2.75 bits per heavy atom. The fourth-order valence-corrected chi connectivity index (χ4v) is 4.96. The highest BCUT2D eigenvalue weighted by Gasteiger charge is 2.28. The number of benzene rings is 1. The van der Waals surface area contributed by atoms with E-state index in [4.69, 9.17) is 4.98 Å². The molecule has 3 aromatic rings. The zero-order valence-electron chi connectivity index (χ0n) is 16.4. The van der Waals surface area contributed by atoms with Crippen LogP contribution in [0.15, 0.2) is 30.7 Å². The zero-order chi connectivity index (χ0) is 19.3. The smallest absolute Gasteiger partial charge is 0.229 e. The van der Waals surface area contributed by atoms with Crippen molar-refractivity contribution in [1.29, 1.82) is 0 Å². The van der Waals surface area contributed by atoms with E-state index in [2.05, 4.69) is 56.5 Å². The summed E-state index contributed by atoms with van der Waals surface area (Å²) in [5.41, 5.74) is 4.27. The second-order valence-electron chi connectivity index (χ2n) is 7.65. The van der Waals surface area contributed by atoms with Gasteiger partial charge in [0.25, 0.3) is 0 Å². The third kappa shape index (κ3) is 2.99. The van der Waals surface area contributed by atoms with Crippen LogP contribution in [0.25, 0.3) is 10.2 Å². The molecule has 1 aromatic carbocycles. The second kappa shape index (κ2) is 6.74. The molecule has 1 aliphatic carbocycles. The lowest BCUT2D eigenvalue weighted by atomic mass is 10.2. The quantitative estimate of drug-likeness (QED) is 0.668. The molecule has 0 atom stereocenters. The van der Waals surface area contributed by atoms with Gasteiger partial charge in [-0.2, -0.15) is 4.98 Å². The standard InChI is InChI=1S/C21H24N6S/c1-13-10-17-19(28-14(2)23-17)11-16(13)24-21-22-12-18-20(25-21)27(9-8-26(18)3)15-6-4-5-7-15/h8-12,15H,4-7H2,1-3H3,(H,22,24,25). The summed E-state index contributed by atoms with van der Waals surface area (Å²) in [6.45, 7) is 4.14. The Balaban J connectivity index is 1.50. The maximum Gasteiger partial charge on any atom is 0.229 e. The summed E-state index contributed by atoms with van der Waals surface area (Å²) in [4.78, 5) is 18.5. The fraction of sp³-hybridized carbons (Fsp3) is 0.381. The SMILES string of the molecule is Cc1nc2cc(C)c(Nc3ncc4c(n3)N(C3CCCC3)C=CN4C)cc2s1. The zero-order valence-corrected chi connectivity index (χ0v) is 17.3. The summed E-state index contributed by atoms with van der Waals surface area (Å²) in [6, 6.07) is 4.81. The van der Waals surface area contributed by atoms with E-state index in [1.807, 2.05) is 20.2 Å². The first kappa shape index (κ1) is 17.4. The van der Waals surface area contributed by atoms with Gasteiger partial charge in [-0.05, 0) is 44.4 Å². The third-order valence-electron chi connectivity index (χ3n) is 5.63. The minimum atomic E-state index is 0.532. The average molecular weight is 393 g/mol. The molecule has 1 saturated carbocycles. The van der Waals surface area contributed by atoms with Gasteiger partial charge in [-0.3, -0.25) is 0 Å². The van der Waals surface area contributed by atoms with Crippen LogP contribution in [0.4, 0.5) is 23.1 Å². The van der Waals surface area contributed by atoms with Crippen LogP contribution < -0.4 is 15.1 Å². The Labute approximate surface area is 168 Å². The Morgan fingerprint density at radius 2 is 1.93 bits per heavy atom. The molecule has 3 heterocycles. The number of aryl methyl sites for hydroxylation is 2. The highest BCUT2D eigenvalue weighted by Crippen LogP contribution is 2.37. The summed E-state index contributed by atoms with van der Waals surface area (Å²) < 4.78 is 1.18. The predicted molar refractivity (Wildman–Crippen MR) is 117 cm³/mol. The van der Waals surface area contributed by atoms with Gasteiger partial charge >= 0.3 is 0 Å². The van der Waals surface area contributed by atoms with E-state index in [1.165, 1.54) is 30.4 Å². The number of fused-ring (bicyclic) bond motifs is 2. The van der Waals surface area contributed by atoms with Gasteiger partial charge in [0.2, 0.25) is 5.95 Å². The molecule has 144 valence electrons. The van der Waals surface area contributed by atoms with Gasteiger partial charge in [0.05, 0.1) is 21.4 Å². The first-order valence-electron chi connectivity index (χ1n) is 9.80. The number of aromatic nitrogens is 3. The van der Waals surface area contributed by atoms with E-state index >= 15 is 0 Å². The highest BCUT2D eigenvalue weighted by molar-refractivity contribution is 7.18. The molecule has 1 aliphatic heterocycles. The Kier molecular flexibility index (Phi) is 4.19. The summed E-state index contributed by atoms with van der Waals surface area (Å²) in [7, 11) is 2.04. The number of nitrogens with one attached hydrogen (secondary N) is 1. The Hall–Kier alpha value is -2.67. The van der Waals surface area contributed by atoms with Crippen molar-refractivity contribution < 1.29 is 0 Å². The van der Waals surface area contributed by atoms with Crippen LogP contribution in [0, 0.1) is 13.8 Å². The third-order valence-corrected chi connectivity index (χ3v) is 6.57. The Morgan fingerprint density at radius 1 is 1.11 bits per heavy atom. The first-order chi connectivity index (χ1) is 13.6. The van der Waals surface area contributed by atoms with Crippen LogP contribution in [0.5, 0.6) is 0 Å². The molecule has 0 bridgehead atoms. The minimum absolute atomic E-state index is 0.532. The molecular weight excluding hydrogens is 368 g/mol. The van der Waals surface area contributed by atoms with Crippen LogP contribution in [0.2, 0.25) is 0 Å². The minimum Gasteiger partial charge on any atom is -0.345 e. The van der Waals surface area contributed by atoms with E-state index in [1.54, 1.807) is 11.3 Å². The van der Waals surface area contributed by atoms with E-state index in [9.17, 15) is 0 Å². The molecule has 0 unspecified atom stereocenters. The molecule has 6 nitrogen and oxygen atoms in total. The molecule has 2 aliphatic rings. The molecule has 0 amide bonds. The number of hydrogen-bond acceptors (Lipinski definition) is 7. The molecule has 1 N–H and O–H groups in total. The number of rotatable bonds is 3. The number of thiazole rings is 1. The molecule has 0 spiro atoms. The first-order valence-corrected chi connectivity index (χ1v) is 10.6. The lowest BCUT2D eigenvalue weighted by Crippen LogP contribution is -2.34. The lowest BCUT2D eigenvalue weighted by molar-refractivity contribution is 0.661. The highest BCUT2D eigenvalue weighted by atomic mass is 32.1. The molecule has 1 fully saturated rings.